The molecule has 0 aromatic carbocycles. The Kier molecular flexibility index (Phi) is 5.11. The van der Waals surface area contributed by atoms with Gasteiger partial charge in [0.15, 0.2) is 5.82 Å². The van der Waals surface area contributed by atoms with Crippen molar-refractivity contribution in [1.29, 1.82) is 0 Å². The van der Waals surface area contributed by atoms with Crippen LogP contribution in [0.4, 0.5) is 19.0 Å². The van der Waals surface area contributed by atoms with Crippen LogP contribution in [0.15, 0.2) is 10.6 Å². The van der Waals surface area contributed by atoms with E-state index in [4.69, 9.17) is 4.52 Å². The Bertz CT molecular complexity index is 748. The number of likely N-dealkylation sites (tertiary alicyclic amines) is 2. The summed E-state index contributed by atoms with van der Waals surface area (Å²) in [6.07, 6.45) is -3.65. The highest BCUT2D eigenvalue weighted by Crippen LogP contribution is 2.29. The fourth-order valence-electron chi connectivity index (χ4n) is 3.56. The van der Waals surface area contributed by atoms with E-state index in [1.54, 1.807) is 6.92 Å². The number of amides is 3. The second-order valence-electron chi connectivity index (χ2n) is 6.66. The molecule has 2 aliphatic heterocycles. The maximum atomic E-state index is 12.8. The number of nitrogens with one attached hydrogen (secondary N) is 1. The molecule has 0 saturated carbocycles. The van der Waals surface area contributed by atoms with Crippen LogP contribution in [0.2, 0.25) is 0 Å². The summed E-state index contributed by atoms with van der Waals surface area (Å²) in [5.74, 6) is -2.43. The van der Waals surface area contributed by atoms with Crippen LogP contribution < -0.4 is 5.32 Å². The third-order valence-corrected chi connectivity index (χ3v) is 4.76. The fourth-order valence-corrected chi connectivity index (χ4v) is 3.56. The smallest absolute Gasteiger partial charge is 0.360 e. The molecule has 0 bridgehead atoms. The van der Waals surface area contributed by atoms with Gasteiger partial charge in [0.25, 0.3) is 0 Å². The van der Waals surface area contributed by atoms with Gasteiger partial charge in [-0.2, -0.15) is 13.2 Å². The number of nitrogens with zero attached hydrogens (tertiary/aromatic N) is 3. The maximum absolute atomic E-state index is 12.8. The number of carbonyl (C=O) groups is 3. The Hall–Kier alpha value is -2.59. The van der Waals surface area contributed by atoms with Crippen molar-refractivity contribution in [2.75, 3.05) is 18.4 Å². The summed E-state index contributed by atoms with van der Waals surface area (Å²) in [6.45, 7) is 1.78. The standard InChI is InChI=1S/C16H19F3N4O4/c1-9-8-12(21-27-9)20-13(24)10-4-2-6-22(10)14(25)11-5-3-7-23(11)15(26)16(17,18)19/h8,10-11H,2-7H2,1H3,(H,20,21,24)/t10-,11?/m0/s1. The van der Waals surface area contributed by atoms with Crippen molar-refractivity contribution < 1.29 is 32.1 Å². The Balaban J connectivity index is 1.71. The molecule has 2 fully saturated rings. The number of hydrogen-bond donors (Lipinski definition) is 1. The number of aromatic nitrogens is 1. The van der Waals surface area contributed by atoms with E-state index in [-0.39, 0.29) is 25.3 Å². The van der Waals surface area contributed by atoms with Crippen molar-refractivity contribution in [1.82, 2.24) is 15.0 Å². The first-order valence-corrected chi connectivity index (χ1v) is 8.61. The van der Waals surface area contributed by atoms with Gasteiger partial charge < -0.3 is 19.6 Å². The van der Waals surface area contributed by atoms with Crippen molar-refractivity contribution in [2.24, 2.45) is 0 Å². The molecule has 0 aliphatic carbocycles. The molecule has 2 saturated heterocycles. The summed E-state index contributed by atoms with van der Waals surface area (Å²) >= 11 is 0. The zero-order valence-electron chi connectivity index (χ0n) is 14.6. The number of rotatable bonds is 3. The van der Waals surface area contributed by atoms with Gasteiger partial charge in [0.05, 0.1) is 0 Å². The van der Waals surface area contributed by atoms with E-state index in [9.17, 15) is 27.6 Å². The molecule has 27 heavy (non-hydrogen) atoms. The molecular weight excluding hydrogens is 369 g/mol. The van der Waals surface area contributed by atoms with Crippen molar-refractivity contribution in [3.05, 3.63) is 11.8 Å². The highest BCUT2D eigenvalue weighted by Gasteiger charge is 2.49. The minimum atomic E-state index is -5.03. The van der Waals surface area contributed by atoms with Gasteiger partial charge in [0, 0.05) is 19.2 Å². The lowest BCUT2D eigenvalue weighted by atomic mass is 10.1. The normalized spacial score (nSPS) is 23.0. The number of alkyl halides is 3. The van der Waals surface area contributed by atoms with E-state index >= 15 is 0 Å². The van der Waals surface area contributed by atoms with Crippen LogP contribution in [0.5, 0.6) is 0 Å². The first-order chi connectivity index (χ1) is 12.7. The van der Waals surface area contributed by atoms with E-state index in [1.165, 1.54) is 11.0 Å². The summed E-state index contributed by atoms with van der Waals surface area (Å²) in [4.78, 5) is 38.7. The Labute approximate surface area is 152 Å². The molecule has 1 unspecified atom stereocenters. The van der Waals surface area contributed by atoms with E-state index in [1.807, 2.05) is 0 Å². The molecule has 1 N–H and O–H groups in total. The molecule has 0 radical (unpaired) electrons. The molecule has 2 aliphatic rings. The lowest BCUT2D eigenvalue weighted by molar-refractivity contribution is -0.187. The SMILES string of the molecule is Cc1cc(NC(=O)[C@@H]2CCCN2C(=O)C2CCCN2C(=O)C(F)(F)F)no1. The zero-order chi connectivity index (χ0) is 19.8. The van der Waals surface area contributed by atoms with E-state index in [0.29, 0.717) is 29.9 Å². The van der Waals surface area contributed by atoms with Gasteiger partial charge in [-0.3, -0.25) is 14.4 Å². The third-order valence-electron chi connectivity index (χ3n) is 4.76. The molecule has 3 rings (SSSR count). The van der Waals surface area contributed by atoms with Crippen LogP contribution in [-0.4, -0.2) is 64.0 Å². The van der Waals surface area contributed by atoms with E-state index < -0.39 is 36.0 Å². The summed E-state index contributed by atoms with van der Waals surface area (Å²) in [6, 6.07) is -0.500. The van der Waals surface area contributed by atoms with Gasteiger partial charge in [-0.1, -0.05) is 5.16 Å². The van der Waals surface area contributed by atoms with Crippen LogP contribution in [0.25, 0.3) is 0 Å². The lowest BCUT2D eigenvalue weighted by Gasteiger charge is -2.31. The quantitative estimate of drug-likeness (QED) is 0.846. The Morgan fingerprint density at radius 1 is 1.15 bits per heavy atom. The minimum Gasteiger partial charge on any atom is -0.360 e. The van der Waals surface area contributed by atoms with Gasteiger partial charge in [0.1, 0.15) is 17.8 Å². The number of halogens is 3. The van der Waals surface area contributed by atoms with Gasteiger partial charge in [-0.25, -0.2) is 0 Å². The summed E-state index contributed by atoms with van der Waals surface area (Å²) in [5, 5.41) is 6.19. The van der Waals surface area contributed by atoms with Crippen LogP contribution >= 0.6 is 0 Å². The lowest BCUT2D eigenvalue weighted by Crippen LogP contribution is -2.54. The maximum Gasteiger partial charge on any atom is 0.471 e. The topological polar surface area (TPSA) is 95.8 Å². The fraction of sp³-hybridized carbons (Fsp3) is 0.625. The number of aryl methyl sites for hydroxylation is 1. The molecule has 8 nitrogen and oxygen atoms in total. The molecule has 0 spiro atoms. The zero-order valence-corrected chi connectivity index (χ0v) is 14.6. The van der Waals surface area contributed by atoms with Crippen LogP contribution in [0.3, 0.4) is 0 Å². The van der Waals surface area contributed by atoms with Crippen molar-refractivity contribution in [3.8, 4) is 0 Å². The minimum absolute atomic E-state index is 0.127. The van der Waals surface area contributed by atoms with Crippen LogP contribution in [-0.2, 0) is 14.4 Å². The second-order valence-corrected chi connectivity index (χ2v) is 6.66. The van der Waals surface area contributed by atoms with Crippen LogP contribution in [0, 0.1) is 6.92 Å². The van der Waals surface area contributed by atoms with Crippen molar-refractivity contribution >= 4 is 23.5 Å². The average molecular weight is 388 g/mol. The highest BCUT2D eigenvalue weighted by molar-refractivity contribution is 5.98. The van der Waals surface area contributed by atoms with E-state index in [2.05, 4.69) is 10.5 Å². The molecule has 3 amide bonds. The second kappa shape index (κ2) is 7.20. The molecule has 11 heteroatoms. The van der Waals surface area contributed by atoms with Crippen molar-refractivity contribution in [2.45, 2.75) is 50.9 Å². The van der Waals surface area contributed by atoms with E-state index in [0.717, 1.165) is 0 Å². The molecular formula is C16H19F3N4O4. The molecule has 1 aromatic heterocycles. The third kappa shape index (κ3) is 3.91. The monoisotopic (exact) mass is 388 g/mol. The molecule has 2 atom stereocenters. The summed E-state index contributed by atoms with van der Waals surface area (Å²) in [5.41, 5.74) is 0. The van der Waals surface area contributed by atoms with Gasteiger partial charge in [-0.05, 0) is 32.6 Å². The average Bonchev–Trinajstić information content (AvgIpc) is 3.32. The highest BCUT2D eigenvalue weighted by atomic mass is 19.4. The predicted octanol–water partition coefficient (Wildman–Crippen LogP) is 1.47. The first kappa shape index (κ1) is 19.2. The van der Waals surface area contributed by atoms with Crippen molar-refractivity contribution in [3.63, 3.8) is 0 Å². The first-order valence-electron chi connectivity index (χ1n) is 8.61. The molecule has 148 valence electrons. The number of carbonyl (C=O) groups excluding carboxylic acids is 3. The molecule has 1 aromatic rings. The van der Waals surface area contributed by atoms with Gasteiger partial charge in [-0.15, -0.1) is 0 Å². The number of hydrogen-bond acceptors (Lipinski definition) is 5. The van der Waals surface area contributed by atoms with Gasteiger partial charge >= 0.3 is 12.1 Å². The Morgan fingerprint density at radius 3 is 2.37 bits per heavy atom. The summed E-state index contributed by atoms with van der Waals surface area (Å²) < 4.78 is 43.2. The summed E-state index contributed by atoms with van der Waals surface area (Å²) in [7, 11) is 0. The molecule has 3 heterocycles. The number of anilines is 1. The predicted molar refractivity (Wildman–Crippen MR) is 85.4 cm³/mol. The van der Waals surface area contributed by atoms with Gasteiger partial charge in [0.2, 0.25) is 11.8 Å². The Morgan fingerprint density at radius 2 is 1.78 bits per heavy atom. The largest absolute Gasteiger partial charge is 0.471 e. The van der Waals surface area contributed by atoms with Crippen LogP contribution in [0.1, 0.15) is 31.4 Å².